The first kappa shape index (κ1) is 10.8. The normalized spacial score (nSPS) is 25.9. The molecule has 2 unspecified atom stereocenters. The number of rotatable bonds is 1. The van der Waals surface area contributed by atoms with Crippen molar-refractivity contribution >= 4 is 5.57 Å². The van der Waals surface area contributed by atoms with Crippen molar-refractivity contribution in [3.63, 3.8) is 0 Å². The maximum Gasteiger partial charge on any atom is 0.0884 e. The molecule has 3 rings (SSSR count). The van der Waals surface area contributed by atoms with Crippen molar-refractivity contribution < 1.29 is 5.11 Å². The maximum absolute atomic E-state index is 10.5. The lowest BCUT2D eigenvalue weighted by atomic mass is 9.99. The lowest BCUT2D eigenvalue weighted by molar-refractivity contribution is 0.134. The Kier molecular flexibility index (Phi) is 2.30. The smallest absolute Gasteiger partial charge is 0.0884 e. The molecule has 90 valence electrons. The van der Waals surface area contributed by atoms with E-state index in [1.54, 1.807) is 0 Å². The van der Waals surface area contributed by atoms with Crippen LogP contribution in [-0.2, 0) is 0 Å². The van der Waals surface area contributed by atoms with E-state index in [4.69, 9.17) is 0 Å². The Morgan fingerprint density at radius 3 is 2.82 bits per heavy atom. The molecule has 2 heteroatoms. The van der Waals surface area contributed by atoms with Gasteiger partial charge in [-0.05, 0) is 43.0 Å². The molecule has 1 heterocycles. The van der Waals surface area contributed by atoms with Crippen LogP contribution in [0.15, 0.2) is 18.3 Å². The number of nitrogens with zero attached hydrogens (tertiary/aromatic N) is 1. The molecule has 2 atom stereocenters. The highest BCUT2D eigenvalue weighted by atomic mass is 16.3. The summed E-state index contributed by atoms with van der Waals surface area (Å²) in [5, 5.41) is 10.5. The predicted molar refractivity (Wildman–Crippen MR) is 69.6 cm³/mol. The van der Waals surface area contributed by atoms with Crippen molar-refractivity contribution in [1.82, 2.24) is 4.90 Å². The van der Waals surface area contributed by atoms with Gasteiger partial charge in [-0.3, -0.25) is 0 Å². The predicted octanol–water partition coefficient (Wildman–Crippen LogP) is 2.64. The first-order valence-electron chi connectivity index (χ1n) is 6.37. The Labute approximate surface area is 103 Å². The molecule has 0 saturated heterocycles. The Morgan fingerprint density at radius 2 is 2.12 bits per heavy atom. The minimum atomic E-state index is -0.312. The number of benzene rings is 1. The summed E-state index contributed by atoms with van der Waals surface area (Å²) in [6.07, 6.45) is 1.92. The summed E-state index contributed by atoms with van der Waals surface area (Å²) >= 11 is 0. The van der Waals surface area contributed by atoms with E-state index in [9.17, 15) is 5.11 Å². The van der Waals surface area contributed by atoms with Crippen LogP contribution in [0.3, 0.4) is 0 Å². The van der Waals surface area contributed by atoms with Crippen molar-refractivity contribution in [1.29, 1.82) is 0 Å². The van der Waals surface area contributed by atoms with E-state index >= 15 is 0 Å². The van der Waals surface area contributed by atoms with Crippen LogP contribution in [0.4, 0.5) is 0 Å². The number of aryl methyl sites for hydroxylation is 2. The van der Waals surface area contributed by atoms with Gasteiger partial charge in [0, 0.05) is 25.2 Å². The van der Waals surface area contributed by atoms with Gasteiger partial charge in [0.1, 0.15) is 0 Å². The molecule has 2 aliphatic rings. The molecule has 0 radical (unpaired) electrons. The zero-order valence-corrected chi connectivity index (χ0v) is 10.7. The number of fused-ring (bicyclic) bond motifs is 3. The highest BCUT2D eigenvalue weighted by molar-refractivity contribution is 5.78. The van der Waals surface area contributed by atoms with Crippen molar-refractivity contribution in [2.75, 3.05) is 13.1 Å². The van der Waals surface area contributed by atoms with E-state index in [1.165, 1.54) is 22.3 Å². The lowest BCUT2D eigenvalue weighted by Crippen LogP contribution is -2.20. The highest BCUT2D eigenvalue weighted by Crippen LogP contribution is 2.49. The zero-order chi connectivity index (χ0) is 12.2. The van der Waals surface area contributed by atoms with Gasteiger partial charge in [0.2, 0.25) is 0 Å². The van der Waals surface area contributed by atoms with Crippen molar-refractivity contribution in [3.05, 3.63) is 40.6 Å². The maximum atomic E-state index is 10.5. The van der Waals surface area contributed by atoms with E-state index in [-0.39, 0.29) is 12.0 Å². The molecule has 0 spiro atoms. The average molecular weight is 229 g/mol. The first-order chi connectivity index (χ1) is 8.11. The monoisotopic (exact) mass is 229 g/mol. The SMILES string of the molecule is CCN1C=C2c3cc(C)cc(C)c3C(O)C2C1. The van der Waals surface area contributed by atoms with E-state index < -0.39 is 0 Å². The summed E-state index contributed by atoms with van der Waals surface area (Å²) < 4.78 is 0. The van der Waals surface area contributed by atoms with Crippen LogP contribution in [-0.4, -0.2) is 23.1 Å². The van der Waals surface area contributed by atoms with Crippen LogP contribution >= 0.6 is 0 Å². The standard InChI is InChI=1S/C15H19NO/c1-4-16-7-12-11-6-9(2)5-10(3)14(11)15(17)13(12)8-16/h5-7,13,15,17H,4,8H2,1-3H3. The molecular formula is C15H19NO. The Hall–Kier alpha value is -1.28. The Balaban J connectivity index is 2.16. The van der Waals surface area contributed by atoms with Crippen molar-refractivity contribution in [2.24, 2.45) is 5.92 Å². The van der Waals surface area contributed by atoms with Gasteiger partial charge < -0.3 is 10.0 Å². The van der Waals surface area contributed by atoms with Crippen molar-refractivity contribution in [3.8, 4) is 0 Å². The van der Waals surface area contributed by atoms with Gasteiger partial charge in [0.05, 0.1) is 6.10 Å². The highest BCUT2D eigenvalue weighted by Gasteiger charge is 2.40. The molecule has 1 aromatic rings. The van der Waals surface area contributed by atoms with Crippen LogP contribution in [0.5, 0.6) is 0 Å². The summed E-state index contributed by atoms with van der Waals surface area (Å²) in [7, 11) is 0. The molecule has 0 fully saturated rings. The summed E-state index contributed by atoms with van der Waals surface area (Å²) in [6.45, 7) is 8.37. The minimum absolute atomic E-state index is 0.283. The molecule has 0 saturated carbocycles. The van der Waals surface area contributed by atoms with Gasteiger partial charge in [-0.2, -0.15) is 0 Å². The van der Waals surface area contributed by atoms with Gasteiger partial charge in [0.25, 0.3) is 0 Å². The molecule has 17 heavy (non-hydrogen) atoms. The average Bonchev–Trinajstić information content (AvgIpc) is 2.79. The summed E-state index contributed by atoms with van der Waals surface area (Å²) in [6, 6.07) is 4.39. The van der Waals surface area contributed by atoms with E-state index in [2.05, 4.69) is 44.0 Å². The number of aliphatic hydroxyl groups is 1. The third-order valence-corrected chi connectivity index (χ3v) is 4.08. The second-order valence-electron chi connectivity index (χ2n) is 5.27. The summed E-state index contributed by atoms with van der Waals surface area (Å²) in [5.41, 5.74) is 6.27. The Morgan fingerprint density at radius 1 is 1.35 bits per heavy atom. The molecule has 2 nitrogen and oxygen atoms in total. The molecule has 1 aromatic carbocycles. The van der Waals surface area contributed by atoms with Gasteiger partial charge >= 0.3 is 0 Å². The fourth-order valence-corrected chi connectivity index (χ4v) is 3.27. The van der Waals surface area contributed by atoms with Gasteiger partial charge in [-0.25, -0.2) is 0 Å². The van der Waals surface area contributed by atoms with Crippen LogP contribution in [0.25, 0.3) is 5.57 Å². The fourth-order valence-electron chi connectivity index (χ4n) is 3.27. The quantitative estimate of drug-likeness (QED) is 0.800. The van der Waals surface area contributed by atoms with Crippen LogP contribution in [0.2, 0.25) is 0 Å². The zero-order valence-electron chi connectivity index (χ0n) is 10.7. The number of hydrogen-bond donors (Lipinski definition) is 1. The van der Waals surface area contributed by atoms with Gasteiger partial charge in [0.15, 0.2) is 0 Å². The molecule has 1 aliphatic carbocycles. The number of hydrogen-bond acceptors (Lipinski definition) is 2. The minimum Gasteiger partial charge on any atom is -0.388 e. The molecule has 0 amide bonds. The van der Waals surface area contributed by atoms with Gasteiger partial charge in [-0.15, -0.1) is 0 Å². The molecular weight excluding hydrogens is 210 g/mol. The first-order valence-corrected chi connectivity index (χ1v) is 6.37. The second-order valence-corrected chi connectivity index (χ2v) is 5.27. The second kappa shape index (κ2) is 3.61. The van der Waals surface area contributed by atoms with E-state index in [0.717, 1.165) is 18.7 Å². The lowest BCUT2D eigenvalue weighted by Gasteiger charge is -2.18. The fraction of sp³-hybridized carbons (Fsp3) is 0.467. The molecule has 0 bridgehead atoms. The van der Waals surface area contributed by atoms with Crippen LogP contribution < -0.4 is 0 Å². The topological polar surface area (TPSA) is 23.5 Å². The third kappa shape index (κ3) is 1.44. The molecule has 1 aliphatic heterocycles. The van der Waals surface area contributed by atoms with E-state index in [0.29, 0.717) is 0 Å². The van der Waals surface area contributed by atoms with Crippen molar-refractivity contribution in [2.45, 2.75) is 26.9 Å². The third-order valence-electron chi connectivity index (χ3n) is 4.08. The van der Waals surface area contributed by atoms with Gasteiger partial charge in [-0.1, -0.05) is 17.7 Å². The Bertz CT molecular complexity index is 504. The largest absolute Gasteiger partial charge is 0.388 e. The molecule has 1 N–H and O–H groups in total. The summed E-state index contributed by atoms with van der Waals surface area (Å²) in [4.78, 5) is 2.30. The molecule has 0 aromatic heterocycles. The van der Waals surface area contributed by atoms with E-state index in [1.807, 2.05) is 0 Å². The summed E-state index contributed by atoms with van der Waals surface area (Å²) in [5.74, 6) is 0.283. The van der Waals surface area contributed by atoms with Crippen LogP contribution in [0, 0.1) is 19.8 Å². The van der Waals surface area contributed by atoms with Crippen LogP contribution in [0.1, 0.15) is 35.3 Å². The number of aliphatic hydroxyl groups excluding tert-OH is 1.